The molecule has 0 spiro atoms. The summed E-state index contributed by atoms with van der Waals surface area (Å²) in [5.41, 5.74) is 2.10. The van der Waals surface area contributed by atoms with Crippen LogP contribution in [0.4, 0.5) is 18.9 Å². The molecule has 37 heavy (non-hydrogen) atoms. The molecule has 0 saturated carbocycles. The van der Waals surface area contributed by atoms with Crippen molar-refractivity contribution >= 4 is 29.3 Å². The van der Waals surface area contributed by atoms with Gasteiger partial charge in [0.05, 0.1) is 53.8 Å². The van der Waals surface area contributed by atoms with Gasteiger partial charge in [0.2, 0.25) is 5.90 Å². The van der Waals surface area contributed by atoms with Crippen LogP contribution < -0.4 is 15.9 Å². The van der Waals surface area contributed by atoms with E-state index in [1.54, 1.807) is 22.8 Å². The first-order valence-corrected chi connectivity index (χ1v) is 11.8. The Morgan fingerprint density at radius 2 is 2.03 bits per heavy atom. The van der Waals surface area contributed by atoms with E-state index < -0.39 is 18.8 Å². The van der Waals surface area contributed by atoms with Crippen molar-refractivity contribution in [3.63, 3.8) is 0 Å². The van der Waals surface area contributed by atoms with Gasteiger partial charge in [0.25, 0.3) is 6.43 Å². The second kappa shape index (κ2) is 10.7. The molecular weight excluding hydrogens is 491 g/mol. The largest absolute Gasteiger partial charge is 0.470 e. The molecule has 3 aromatic rings. The van der Waals surface area contributed by atoms with E-state index in [-0.39, 0.29) is 24.2 Å². The molecule has 196 valence electrons. The van der Waals surface area contributed by atoms with E-state index in [1.807, 2.05) is 4.90 Å². The molecule has 1 aromatic carbocycles. The highest BCUT2D eigenvalue weighted by Gasteiger charge is 2.28. The summed E-state index contributed by atoms with van der Waals surface area (Å²) in [6.45, 7) is 6.12. The number of nitrogens with zero attached hydrogens (tertiary/aromatic N) is 6. The van der Waals surface area contributed by atoms with Gasteiger partial charge in [0.1, 0.15) is 5.82 Å². The number of fused-ring (bicyclic) bond motifs is 1. The Morgan fingerprint density at radius 1 is 1.24 bits per heavy atom. The highest BCUT2D eigenvalue weighted by Crippen LogP contribution is 2.29. The normalized spacial score (nSPS) is 16.9. The second-order valence-corrected chi connectivity index (χ2v) is 8.75. The first kappa shape index (κ1) is 25.0. The average molecular weight is 518 g/mol. The maximum atomic E-state index is 15.3. The molecule has 0 aliphatic carbocycles. The molecule has 5 rings (SSSR count). The summed E-state index contributed by atoms with van der Waals surface area (Å²) < 4.78 is 53.9. The number of hydrogen-bond acceptors (Lipinski definition) is 8. The Morgan fingerprint density at radius 3 is 2.65 bits per heavy atom. The van der Waals surface area contributed by atoms with Crippen molar-refractivity contribution in [3.05, 3.63) is 58.0 Å². The number of nitrogens with one attached hydrogen (secondary N) is 1. The molecule has 2 aliphatic rings. The van der Waals surface area contributed by atoms with Crippen molar-refractivity contribution in [2.75, 3.05) is 50.9 Å². The van der Waals surface area contributed by atoms with Crippen LogP contribution in [0.15, 0.2) is 45.5 Å². The average Bonchev–Trinajstić information content (AvgIpc) is 3.11. The van der Waals surface area contributed by atoms with Gasteiger partial charge in [-0.1, -0.05) is 0 Å². The number of pyridine rings is 1. The van der Waals surface area contributed by atoms with Gasteiger partial charge in [0.15, 0.2) is 6.61 Å². The number of anilines is 1. The van der Waals surface area contributed by atoms with Crippen LogP contribution in [0.1, 0.15) is 17.3 Å². The van der Waals surface area contributed by atoms with E-state index in [0.717, 1.165) is 13.1 Å². The predicted octanol–water partition coefficient (Wildman–Crippen LogP) is 2.01. The van der Waals surface area contributed by atoms with Gasteiger partial charge >= 0.3 is 5.69 Å². The fourth-order valence-electron chi connectivity index (χ4n) is 4.49. The van der Waals surface area contributed by atoms with Crippen LogP contribution in [0.25, 0.3) is 11.0 Å². The van der Waals surface area contributed by atoms with Crippen molar-refractivity contribution in [1.82, 2.24) is 19.4 Å². The van der Waals surface area contributed by atoms with Crippen LogP contribution in [-0.4, -0.2) is 79.2 Å². The monoisotopic (exact) mass is 517 g/mol. The third-order valence-corrected chi connectivity index (χ3v) is 6.37. The lowest BCUT2D eigenvalue weighted by molar-refractivity contribution is -0.0231. The van der Waals surface area contributed by atoms with Crippen LogP contribution in [0, 0.1) is 5.82 Å². The lowest BCUT2D eigenvalue weighted by Gasteiger charge is -2.30. The zero-order valence-corrected chi connectivity index (χ0v) is 19.9. The number of benzene rings is 1. The number of piperazine rings is 1. The Hall–Kier alpha value is -3.71. The Labute approximate surface area is 210 Å². The van der Waals surface area contributed by atoms with E-state index in [0.29, 0.717) is 54.3 Å². The van der Waals surface area contributed by atoms with Crippen LogP contribution in [0.3, 0.4) is 0 Å². The van der Waals surface area contributed by atoms with Gasteiger partial charge in [0, 0.05) is 45.2 Å². The molecule has 2 saturated heterocycles. The van der Waals surface area contributed by atoms with E-state index >= 15 is 4.39 Å². The first-order valence-electron chi connectivity index (χ1n) is 11.8. The van der Waals surface area contributed by atoms with Crippen LogP contribution in [0.2, 0.25) is 0 Å². The molecular formula is C24H26F3N7O3. The van der Waals surface area contributed by atoms with Crippen molar-refractivity contribution < 1.29 is 22.6 Å². The summed E-state index contributed by atoms with van der Waals surface area (Å²) in [5, 5.41) is 10.2. The smallest absolute Gasteiger partial charge is 0.329 e. The van der Waals surface area contributed by atoms with E-state index in [9.17, 15) is 13.6 Å². The molecule has 2 aliphatic heterocycles. The highest BCUT2D eigenvalue weighted by molar-refractivity contribution is 5.93. The quantitative estimate of drug-likeness (QED) is 0.279. The summed E-state index contributed by atoms with van der Waals surface area (Å²) in [7, 11) is 0. The molecule has 0 amide bonds. The number of aromatic nitrogens is 3. The number of imidazole rings is 1. The van der Waals surface area contributed by atoms with Crippen molar-refractivity contribution in [3.8, 4) is 0 Å². The first-order chi connectivity index (χ1) is 18.0. The van der Waals surface area contributed by atoms with Gasteiger partial charge in [-0.25, -0.2) is 18.0 Å². The van der Waals surface area contributed by atoms with Gasteiger partial charge in [-0.2, -0.15) is 5.10 Å². The molecule has 0 radical (unpaired) electrons. The zero-order chi connectivity index (χ0) is 25.9. The van der Waals surface area contributed by atoms with Crippen LogP contribution >= 0.6 is 0 Å². The number of alkyl halides is 2. The highest BCUT2D eigenvalue weighted by atomic mass is 19.3. The number of ether oxygens (including phenoxy) is 2. The summed E-state index contributed by atoms with van der Waals surface area (Å²) in [6, 6.07) is 6.20. The topological polar surface area (TPSA) is 98.3 Å². The molecule has 4 heterocycles. The van der Waals surface area contributed by atoms with Crippen molar-refractivity contribution in [1.29, 1.82) is 0 Å². The predicted molar refractivity (Wildman–Crippen MR) is 132 cm³/mol. The fourth-order valence-corrected chi connectivity index (χ4v) is 4.49. The van der Waals surface area contributed by atoms with Gasteiger partial charge in [-0.3, -0.25) is 14.1 Å². The minimum atomic E-state index is -2.68. The van der Waals surface area contributed by atoms with E-state index in [4.69, 9.17) is 9.47 Å². The minimum Gasteiger partial charge on any atom is -0.470 e. The number of halogens is 3. The maximum Gasteiger partial charge on any atom is 0.329 e. The Balaban J connectivity index is 1.49. The summed E-state index contributed by atoms with van der Waals surface area (Å²) in [5.74, 6) is -0.543. The third-order valence-electron chi connectivity index (χ3n) is 6.37. The van der Waals surface area contributed by atoms with Crippen molar-refractivity contribution in [2.24, 2.45) is 10.2 Å². The van der Waals surface area contributed by atoms with Crippen molar-refractivity contribution in [2.45, 2.75) is 19.0 Å². The second-order valence-electron chi connectivity index (χ2n) is 8.75. The Bertz CT molecular complexity index is 1360. The molecule has 2 fully saturated rings. The Kier molecular flexibility index (Phi) is 7.24. The lowest BCUT2D eigenvalue weighted by atomic mass is 10.2. The SMILES string of the molecule is C=N/N=C(\OCC(F)F)c1ccc(Cn2c(=O)n(C3COC3)c3cc(N4CCNCC4)c(F)cc32)nc1. The summed E-state index contributed by atoms with van der Waals surface area (Å²) >= 11 is 0. The van der Waals surface area contributed by atoms with E-state index in [1.165, 1.54) is 16.8 Å². The van der Waals surface area contributed by atoms with Gasteiger partial charge < -0.3 is 19.7 Å². The minimum absolute atomic E-state index is 0.0761. The summed E-state index contributed by atoms with van der Waals surface area (Å²) in [6.07, 6.45) is -1.29. The molecule has 13 heteroatoms. The third kappa shape index (κ3) is 5.09. The molecule has 0 unspecified atom stereocenters. The fraction of sp³-hybridized carbons (Fsp3) is 0.417. The number of hydrogen-bond donors (Lipinski definition) is 1. The maximum absolute atomic E-state index is 15.3. The summed E-state index contributed by atoms with van der Waals surface area (Å²) in [4.78, 5) is 19.8. The molecule has 0 bridgehead atoms. The lowest BCUT2D eigenvalue weighted by Crippen LogP contribution is -2.43. The standard InChI is InChI=1S/C24H26F3N7O3/c1-28-31-23(37-14-22(26)27)15-2-3-16(30-10-15)11-33-20-8-18(25)19(32-6-4-29-5-7-32)9-21(20)34(24(33)35)17-12-36-13-17/h2-3,8-10,17,22,29H,1,4-7,11-14H2/b31-23-. The number of rotatable bonds is 8. The van der Waals surface area contributed by atoms with Gasteiger partial charge in [-0.15, -0.1) is 5.10 Å². The molecule has 10 nitrogen and oxygen atoms in total. The van der Waals surface area contributed by atoms with Gasteiger partial charge in [-0.05, 0) is 18.2 Å². The van der Waals surface area contributed by atoms with Crippen LogP contribution in [0.5, 0.6) is 0 Å². The molecule has 1 N–H and O–H groups in total. The van der Waals surface area contributed by atoms with Crippen LogP contribution in [-0.2, 0) is 16.0 Å². The molecule has 0 atom stereocenters. The van der Waals surface area contributed by atoms with E-state index in [2.05, 4.69) is 27.2 Å². The molecule has 2 aromatic heterocycles. The zero-order valence-electron chi connectivity index (χ0n) is 19.9.